The average Bonchev–Trinajstić information content (AvgIpc) is 2.12. The first-order valence-corrected chi connectivity index (χ1v) is 3.67. The zero-order valence-electron chi connectivity index (χ0n) is 4.24. The zero-order valence-corrected chi connectivity index (χ0v) is 5.95. The molecule has 0 aliphatic carbocycles. The second-order valence-corrected chi connectivity index (χ2v) is 3.00. The van der Waals surface area contributed by atoms with Gasteiger partial charge in [-0.25, -0.2) is 0 Å². The molecule has 1 nitrogen and oxygen atoms in total. The minimum Gasteiger partial charge on any atom is -0.315 e. The molecule has 0 aliphatic heterocycles. The first kappa shape index (κ1) is 6.13. The molecule has 0 spiro atoms. The predicted octanol–water partition coefficient (Wildman–Crippen LogP) is 1.64. The topological polar surface area (TPSA) is 26.0 Å². The molecule has 1 heterocycles. The Morgan fingerprint density at radius 2 is 2.50 bits per heavy atom. The molecule has 3 heteroatoms. The van der Waals surface area contributed by atoms with Gasteiger partial charge in [0.2, 0.25) is 0 Å². The van der Waals surface area contributed by atoms with E-state index >= 15 is 0 Å². The van der Waals surface area contributed by atoms with Crippen molar-refractivity contribution in [3.8, 4) is 0 Å². The van der Waals surface area contributed by atoms with E-state index in [1.165, 1.54) is 0 Å². The largest absolute Gasteiger partial charge is 0.315 e. The SMILES string of the molecule is NC(S)c1cccs1. The summed E-state index contributed by atoms with van der Waals surface area (Å²) in [6.07, 6.45) is 0. The van der Waals surface area contributed by atoms with Gasteiger partial charge in [-0.3, -0.25) is 0 Å². The van der Waals surface area contributed by atoms with Crippen LogP contribution in [0.2, 0.25) is 0 Å². The number of thiophene rings is 1. The molecule has 0 saturated heterocycles. The average molecular weight is 145 g/mol. The number of hydrogen-bond acceptors (Lipinski definition) is 3. The van der Waals surface area contributed by atoms with Crippen LogP contribution < -0.4 is 5.73 Å². The van der Waals surface area contributed by atoms with Gasteiger partial charge in [0.25, 0.3) is 0 Å². The van der Waals surface area contributed by atoms with Gasteiger partial charge >= 0.3 is 0 Å². The Hall–Kier alpha value is 0.01000. The molecular weight excluding hydrogens is 138 g/mol. The second-order valence-electron chi connectivity index (χ2n) is 1.46. The van der Waals surface area contributed by atoms with Crippen molar-refractivity contribution in [1.29, 1.82) is 0 Å². The molecule has 0 aromatic carbocycles. The van der Waals surface area contributed by atoms with Crippen molar-refractivity contribution < 1.29 is 0 Å². The van der Waals surface area contributed by atoms with Crippen LogP contribution in [0.25, 0.3) is 0 Å². The maximum Gasteiger partial charge on any atom is 0.0828 e. The molecule has 0 bridgehead atoms. The normalized spacial score (nSPS) is 13.8. The highest BCUT2D eigenvalue weighted by Crippen LogP contribution is 2.18. The highest BCUT2D eigenvalue weighted by atomic mass is 32.1. The third kappa shape index (κ3) is 1.24. The molecular formula is C5H7NS2. The van der Waals surface area contributed by atoms with E-state index in [1.807, 2.05) is 17.5 Å². The number of nitrogens with two attached hydrogens (primary N) is 1. The van der Waals surface area contributed by atoms with E-state index in [9.17, 15) is 0 Å². The van der Waals surface area contributed by atoms with Gasteiger partial charge in [0.05, 0.1) is 5.37 Å². The molecule has 0 saturated carbocycles. The van der Waals surface area contributed by atoms with Crippen LogP contribution in [0, 0.1) is 0 Å². The van der Waals surface area contributed by atoms with Gasteiger partial charge in [0.15, 0.2) is 0 Å². The fraction of sp³-hybridized carbons (Fsp3) is 0.200. The fourth-order valence-corrected chi connectivity index (χ4v) is 1.34. The van der Waals surface area contributed by atoms with Gasteiger partial charge < -0.3 is 5.73 Å². The third-order valence-corrected chi connectivity index (χ3v) is 2.24. The summed E-state index contributed by atoms with van der Waals surface area (Å²) in [6.45, 7) is 0. The Morgan fingerprint density at radius 3 is 2.75 bits per heavy atom. The lowest BCUT2D eigenvalue weighted by Crippen LogP contribution is -1.98. The van der Waals surface area contributed by atoms with Crippen LogP contribution in [-0.2, 0) is 0 Å². The minimum absolute atomic E-state index is 0.102. The van der Waals surface area contributed by atoms with Crippen LogP contribution in [0.4, 0.5) is 0 Å². The minimum atomic E-state index is -0.102. The van der Waals surface area contributed by atoms with Crippen LogP contribution in [0.1, 0.15) is 10.3 Å². The van der Waals surface area contributed by atoms with Crippen molar-refractivity contribution in [3.05, 3.63) is 22.4 Å². The molecule has 1 aromatic rings. The smallest absolute Gasteiger partial charge is 0.0828 e. The quantitative estimate of drug-likeness (QED) is 0.456. The number of rotatable bonds is 1. The van der Waals surface area contributed by atoms with Crippen LogP contribution >= 0.6 is 24.0 Å². The van der Waals surface area contributed by atoms with Crippen LogP contribution in [-0.4, -0.2) is 0 Å². The molecule has 1 atom stereocenters. The molecule has 0 fully saturated rings. The molecule has 0 radical (unpaired) electrons. The Balaban J connectivity index is 2.77. The Kier molecular flexibility index (Phi) is 1.94. The van der Waals surface area contributed by atoms with E-state index in [1.54, 1.807) is 11.3 Å². The molecule has 8 heavy (non-hydrogen) atoms. The van der Waals surface area contributed by atoms with Gasteiger partial charge in [-0.2, -0.15) is 12.6 Å². The van der Waals surface area contributed by atoms with Gasteiger partial charge in [-0.05, 0) is 11.4 Å². The lowest BCUT2D eigenvalue weighted by atomic mass is 10.5. The van der Waals surface area contributed by atoms with Crippen LogP contribution in [0.5, 0.6) is 0 Å². The van der Waals surface area contributed by atoms with E-state index < -0.39 is 0 Å². The number of thiol groups is 1. The Morgan fingerprint density at radius 1 is 1.75 bits per heavy atom. The van der Waals surface area contributed by atoms with E-state index in [-0.39, 0.29) is 5.37 Å². The monoisotopic (exact) mass is 145 g/mol. The second kappa shape index (κ2) is 2.53. The first-order chi connectivity index (χ1) is 3.80. The molecule has 0 amide bonds. The van der Waals surface area contributed by atoms with Gasteiger partial charge in [-0.15, -0.1) is 11.3 Å². The Labute approximate surface area is 57.9 Å². The lowest BCUT2D eigenvalue weighted by Gasteiger charge is -1.95. The summed E-state index contributed by atoms with van der Waals surface area (Å²) < 4.78 is 0. The predicted molar refractivity (Wildman–Crippen MR) is 40.2 cm³/mol. The van der Waals surface area contributed by atoms with Crippen molar-refractivity contribution in [1.82, 2.24) is 0 Å². The first-order valence-electron chi connectivity index (χ1n) is 2.28. The Bertz CT molecular complexity index is 145. The zero-order chi connectivity index (χ0) is 5.98. The summed E-state index contributed by atoms with van der Waals surface area (Å²) in [6, 6.07) is 3.94. The van der Waals surface area contributed by atoms with Gasteiger partial charge in [0, 0.05) is 4.88 Å². The van der Waals surface area contributed by atoms with Crippen molar-refractivity contribution >= 4 is 24.0 Å². The highest BCUT2D eigenvalue weighted by molar-refractivity contribution is 7.80. The van der Waals surface area contributed by atoms with E-state index in [2.05, 4.69) is 12.6 Å². The van der Waals surface area contributed by atoms with E-state index in [0.29, 0.717) is 0 Å². The van der Waals surface area contributed by atoms with Crippen molar-refractivity contribution in [2.75, 3.05) is 0 Å². The van der Waals surface area contributed by atoms with Crippen LogP contribution in [0.15, 0.2) is 17.5 Å². The third-order valence-electron chi connectivity index (χ3n) is 0.835. The molecule has 44 valence electrons. The van der Waals surface area contributed by atoms with Gasteiger partial charge in [-0.1, -0.05) is 6.07 Å². The summed E-state index contributed by atoms with van der Waals surface area (Å²) in [7, 11) is 0. The highest BCUT2D eigenvalue weighted by Gasteiger charge is 1.97. The van der Waals surface area contributed by atoms with Gasteiger partial charge in [0.1, 0.15) is 0 Å². The molecule has 1 rings (SSSR count). The summed E-state index contributed by atoms with van der Waals surface area (Å²) in [4.78, 5) is 1.12. The van der Waals surface area contributed by atoms with Crippen LogP contribution in [0.3, 0.4) is 0 Å². The van der Waals surface area contributed by atoms with E-state index in [0.717, 1.165) is 4.88 Å². The standard InChI is InChI=1S/C5H7NS2/c6-5(7)4-2-1-3-8-4/h1-3,5,7H,6H2. The fourth-order valence-electron chi connectivity index (χ4n) is 0.460. The summed E-state index contributed by atoms with van der Waals surface area (Å²) in [5.41, 5.74) is 5.43. The van der Waals surface area contributed by atoms with E-state index in [4.69, 9.17) is 5.73 Å². The molecule has 0 aliphatic rings. The number of hydrogen-bond donors (Lipinski definition) is 2. The summed E-state index contributed by atoms with van der Waals surface area (Å²) >= 11 is 5.67. The summed E-state index contributed by atoms with van der Waals surface area (Å²) in [5.74, 6) is 0. The maximum absolute atomic E-state index is 5.43. The maximum atomic E-state index is 5.43. The molecule has 1 unspecified atom stereocenters. The van der Waals surface area contributed by atoms with Crippen molar-refractivity contribution in [2.24, 2.45) is 5.73 Å². The molecule has 2 N–H and O–H groups in total. The summed E-state index contributed by atoms with van der Waals surface area (Å²) in [5, 5.41) is 1.89. The van der Waals surface area contributed by atoms with Crippen molar-refractivity contribution in [3.63, 3.8) is 0 Å². The van der Waals surface area contributed by atoms with Crippen molar-refractivity contribution in [2.45, 2.75) is 5.37 Å². The molecule has 1 aromatic heterocycles. The lowest BCUT2D eigenvalue weighted by molar-refractivity contribution is 1.08.